The molecule has 3 aliphatic heterocycles. The summed E-state index contributed by atoms with van der Waals surface area (Å²) < 4.78 is 1.93. The van der Waals surface area contributed by atoms with Crippen LogP contribution in [0.2, 0.25) is 0 Å². The average molecular weight is 298 g/mol. The summed E-state index contributed by atoms with van der Waals surface area (Å²) in [6.07, 6.45) is 7.85. The van der Waals surface area contributed by atoms with Crippen molar-refractivity contribution in [3.8, 4) is 0 Å². The molecule has 3 aliphatic rings. The number of hydrogen-bond acceptors (Lipinski definition) is 3. The molecule has 0 unspecified atom stereocenters. The molecular formula is C17H22N4O. The zero-order valence-corrected chi connectivity index (χ0v) is 13.1. The van der Waals surface area contributed by atoms with Crippen LogP contribution in [0.4, 0.5) is 0 Å². The van der Waals surface area contributed by atoms with Crippen LogP contribution in [0.15, 0.2) is 30.7 Å². The van der Waals surface area contributed by atoms with Crippen molar-refractivity contribution >= 4 is 11.4 Å². The molecule has 0 radical (unpaired) electrons. The lowest BCUT2D eigenvalue weighted by Crippen LogP contribution is -2.69. The summed E-state index contributed by atoms with van der Waals surface area (Å²) in [5.74, 6) is 0.515. The van der Waals surface area contributed by atoms with Gasteiger partial charge in [-0.1, -0.05) is 0 Å². The molecule has 3 saturated heterocycles. The Morgan fingerprint density at radius 1 is 1.36 bits per heavy atom. The van der Waals surface area contributed by atoms with Crippen LogP contribution in [0.25, 0.3) is 5.52 Å². The van der Waals surface area contributed by atoms with Crippen molar-refractivity contribution in [2.45, 2.75) is 38.3 Å². The van der Waals surface area contributed by atoms with Crippen LogP contribution in [-0.4, -0.2) is 44.9 Å². The summed E-state index contributed by atoms with van der Waals surface area (Å²) in [4.78, 5) is 19.4. The van der Waals surface area contributed by atoms with Crippen LogP contribution >= 0.6 is 0 Å². The van der Waals surface area contributed by atoms with Gasteiger partial charge in [-0.2, -0.15) is 0 Å². The summed E-state index contributed by atoms with van der Waals surface area (Å²) in [6.45, 7) is 6.78. The quantitative estimate of drug-likeness (QED) is 0.922. The second kappa shape index (κ2) is 4.81. The molecule has 3 fully saturated rings. The van der Waals surface area contributed by atoms with E-state index in [9.17, 15) is 4.79 Å². The largest absolute Gasteiger partial charge is 0.346 e. The molecule has 0 aromatic carbocycles. The third kappa shape index (κ3) is 2.03. The molecule has 1 atom stereocenters. The Bertz CT molecular complexity index is 712. The molecule has 2 aromatic heterocycles. The van der Waals surface area contributed by atoms with E-state index in [2.05, 4.69) is 29.0 Å². The first-order valence-electron chi connectivity index (χ1n) is 8.04. The van der Waals surface area contributed by atoms with Crippen molar-refractivity contribution in [1.82, 2.24) is 19.6 Å². The van der Waals surface area contributed by atoms with Gasteiger partial charge in [0.1, 0.15) is 5.69 Å². The predicted molar refractivity (Wildman–Crippen MR) is 84.8 cm³/mol. The number of carbonyl (C=O) groups is 1. The van der Waals surface area contributed by atoms with Crippen LogP contribution < -0.4 is 5.32 Å². The Balaban J connectivity index is 1.58. The Morgan fingerprint density at radius 3 is 2.86 bits per heavy atom. The van der Waals surface area contributed by atoms with Crippen molar-refractivity contribution < 1.29 is 4.79 Å². The van der Waals surface area contributed by atoms with E-state index in [1.54, 1.807) is 12.4 Å². The highest BCUT2D eigenvalue weighted by Gasteiger charge is 2.48. The van der Waals surface area contributed by atoms with Gasteiger partial charge in [0, 0.05) is 24.0 Å². The van der Waals surface area contributed by atoms with Gasteiger partial charge in [-0.15, -0.1) is 0 Å². The van der Waals surface area contributed by atoms with Crippen LogP contribution in [0.5, 0.6) is 0 Å². The number of piperidine rings is 3. The van der Waals surface area contributed by atoms with Gasteiger partial charge in [-0.3, -0.25) is 9.69 Å². The highest BCUT2D eigenvalue weighted by atomic mass is 16.2. The molecule has 1 N–H and O–H groups in total. The topological polar surface area (TPSA) is 49.6 Å². The van der Waals surface area contributed by atoms with Gasteiger partial charge in [0.05, 0.1) is 11.7 Å². The Labute approximate surface area is 130 Å². The number of amides is 1. The molecule has 5 nitrogen and oxygen atoms in total. The number of carbonyl (C=O) groups excluding carboxylic acids is 1. The third-order valence-electron chi connectivity index (χ3n) is 5.52. The SMILES string of the molecule is CC1(C)[C@@H](NC(=O)c2cn3cccc3cn2)C2CCN1CC2. The summed E-state index contributed by atoms with van der Waals surface area (Å²) in [6, 6.07) is 4.13. The molecule has 5 rings (SSSR count). The number of nitrogens with zero attached hydrogens (tertiary/aromatic N) is 3. The molecule has 2 aromatic rings. The maximum Gasteiger partial charge on any atom is 0.271 e. The molecule has 116 valence electrons. The minimum absolute atomic E-state index is 0.0222. The lowest BCUT2D eigenvalue weighted by Gasteiger charge is -2.56. The van der Waals surface area contributed by atoms with Gasteiger partial charge in [0.2, 0.25) is 0 Å². The highest BCUT2D eigenvalue weighted by Crippen LogP contribution is 2.39. The highest BCUT2D eigenvalue weighted by molar-refractivity contribution is 5.92. The Morgan fingerprint density at radius 2 is 2.14 bits per heavy atom. The van der Waals surface area contributed by atoms with Crippen LogP contribution in [0.1, 0.15) is 37.2 Å². The van der Waals surface area contributed by atoms with E-state index >= 15 is 0 Å². The molecular weight excluding hydrogens is 276 g/mol. The maximum atomic E-state index is 12.6. The molecule has 0 saturated carbocycles. The fourth-order valence-electron chi connectivity index (χ4n) is 4.14. The van der Waals surface area contributed by atoms with Crippen LogP contribution in [0, 0.1) is 5.92 Å². The van der Waals surface area contributed by atoms with E-state index in [0.717, 1.165) is 18.6 Å². The van der Waals surface area contributed by atoms with Crippen molar-refractivity contribution in [3.63, 3.8) is 0 Å². The van der Waals surface area contributed by atoms with Gasteiger partial charge in [0.15, 0.2) is 0 Å². The number of aromatic nitrogens is 2. The first-order chi connectivity index (χ1) is 10.6. The smallest absolute Gasteiger partial charge is 0.271 e. The zero-order valence-electron chi connectivity index (χ0n) is 13.1. The third-order valence-corrected chi connectivity index (χ3v) is 5.52. The van der Waals surface area contributed by atoms with Crippen molar-refractivity contribution in [3.05, 3.63) is 36.4 Å². The lowest BCUT2D eigenvalue weighted by atomic mass is 9.72. The fourth-order valence-corrected chi connectivity index (χ4v) is 4.14. The summed E-state index contributed by atoms with van der Waals surface area (Å²) in [5.41, 5.74) is 1.50. The molecule has 1 amide bonds. The van der Waals surface area contributed by atoms with Gasteiger partial charge < -0.3 is 9.72 Å². The van der Waals surface area contributed by atoms with E-state index in [1.165, 1.54) is 12.8 Å². The van der Waals surface area contributed by atoms with Crippen LogP contribution in [-0.2, 0) is 0 Å². The van der Waals surface area contributed by atoms with E-state index in [4.69, 9.17) is 0 Å². The molecule has 22 heavy (non-hydrogen) atoms. The van der Waals surface area contributed by atoms with Gasteiger partial charge >= 0.3 is 0 Å². The molecule has 5 heteroatoms. The lowest BCUT2D eigenvalue weighted by molar-refractivity contribution is -0.0378. The number of fused-ring (bicyclic) bond motifs is 4. The van der Waals surface area contributed by atoms with Crippen molar-refractivity contribution in [1.29, 1.82) is 0 Å². The van der Waals surface area contributed by atoms with E-state index in [0.29, 0.717) is 11.6 Å². The zero-order chi connectivity index (χ0) is 15.3. The average Bonchev–Trinajstić information content (AvgIpc) is 2.98. The summed E-state index contributed by atoms with van der Waals surface area (Å²) >= 11 is 0. The molecule has 2 bridgehead atoms. The van der Waals surface area contributed by atoms with E-state index in [1.807, 2.05) is 22.7 Å². The van der Waals surface area contributed by atoms with Gasteiger partial charge in [-0.25, -0.2) is 4.98 Å². The minimum atomic E-state index is -0.0672. The normalized spacial score (nSPS) is 29.6. The van der Waals surface area contributed by atoms with Crippen molar-refractivity contribution in [2.75, 3.05) is 13.1 Å². The fraction of sp³-hybridized carbons (Fsp3) is 0.529. The standard InChI is InChI=1S/C17H22N4O/c1-17(2)15(12-5-8-21(17)9-6-12)19-16(22)14-11-20-7-3-4-13(20)10-18-14/h3-4,7,10-12,15H,5-6,8-9H2,1-2H3,(H,19,22)/t15-/m0/s1. The first-order valence-corrected chi connectivity index (χ1v) is 8.04. The number of nitrogens with one attached hydrogen (secondary N) is 1. The maximum absolute atomic E-state index is 12.6. The number of rotatable bonds is 2. The van der Waals surface area contributed by atoms with Crippen molar-refractivity contribution in [2.24, 2.45) is 5.92 Å². The molecule has 0 aliphatic carbocycles. The van der Waals surface area contributed by atoms with Crippen LogP contribution in [0.3, 0.4) is 0 Å². The van der Waals surface area contributed by atoms with E-state index in [-0.39, 0.29) is 17.5 Å². The number of hydrogen-bond donors (Lipinski definition) is 1. The van der Waals surface area contributed by atoms with Gasteiger partial charge in [0.25, 0.3) is 5.91 Å². The Kier molecular flexibility index (Phi) is 3.01. The summed E-state index contributed by atoms with van der Waals surface area (Å²) in [7, 11) is 0. The first kappa shape index (κ1) is 13.8. The minimum Gasteiger partial charge on any atom is -0.346 e. The van der Waals surface area contributed by atoms with E-state index < -0.39 is 0 Å². The van der Waals surface area contributed by atoms with Gasteiger partial charge in [-0.05, 0) is 57.8 Å². The summed E-state index contributed by atoms with van der Waals surface area (Å²) in [5, 5.41) is 3.26. The second-order valence-corrected chi connectivity index (χ2v) is 7.04. The molecule has 0 spiro atoms. The monoisotopic (exact) mass is 298 g/mol. The molecule has 5 heterocycles. The second-order valence-electron chi connectivity index (χ2n) is 7.04. The Hall–Kier alpha value is -1.88. The predicted octanol–water partition coefficient (Wildman–Crippen LogP) is 1.94.